The first-order valence-corrected chi connectivity index (χ1v) is 13.3. The summed E-state index contributed by atoms with van der Waals surface area (Å²) in [4.78, 5) is 13.3. The predicted molar refractivity (Wildman–Crippen MR) is 150 cm³/mol. The van der Waals surface area contributed by atoms with E-state index in [-0.39, 0.29) is 18.0 Å². The van der Waals surface area contributed by atoms with Crippen LogP contribution in [0.3, 0.4) is 0 Å². The molecule has 0 radical (unpaired) electrons. The summed E-state index contributed by atoms with van der Waals surface area (Å²) in [5.41, 5.74) is 5.23. The van der Waals surface area contributed by atoms with E-state index in [1.165, 1.54) is 17.3 Å². The molecule has 7 heteroatoms. The van der Waals surface area contributed by atoms with Gasteiger partial charge in [-0.1, -0.05) is 55.1 Å². The van der Waals surface area contributed by atoms with Crippen molar-refractivity contribution in [2.45, 2.75) is 31.9 Å². The minimum Gasteiger partial charge on any atom is -0.487 e. The molecule has 1 saturated heterocycles. The second-order valence-corrected chi connectivity index (χ2v) is 10.2. The quantitative estimate of drug-likeness (QED) is 0.223. The third kappa shape index (κ3) is 6.20. The van der Waals surface area contributed by atoms with Gasteiger partial charge >= 0.3 is 0 Å². The molecule has 5 nitrogen and oxygen atoms in total. The number of amides is 1. The number of thioether (sulfide) groups is 1. The molecule has 0 aromatic heterocycles. The Morgan fingerprint density at radius 3 is 2.69 bits per heavy atom. The Balaban J connectivity index is 1.51. The van der Waals surface area contributed by atoms with Crippen LogP contribution < -0.4 is 15.4 Å². The average Bonchev–Trinajstić information content (AvgIpc) is 3.22. The monoisotopic (exact) mass is 559 g/mol. The van der Waals surface area contributed by atoms with E-state index >= 15 is 0 Å². The molecule has 1 atom stereocenters. The number of carbonyl (C=O) groups excluding carboxylic acids is 1. The molecule has 4 rings (SSSR count). The first-order valence-electron chi connectivity index (χ1n) is 11.6. The van der Waals surface area contributed by atoms with Gasteiger partial charge in [-0.2, -0.15) is 5.26 Å². The summed E-state index contributed by atoms with van der Waals surface area (Å²) in [6.07, 6.45) is 5.29. The molecule has 1 heterocycles. The number of halogens is 1. The number of nitrogens with one attached hydrogen (secondary N) is 2. The smallest absolute Gasteiger partial charge is 0.260 e. The van der Waals surface area contributed by atoms with Crippen molar-refractivity contribution in [3.8, 4) is 11.8 Å². The summed E-state index contributed by atoms with van der Waals surface area (Å²) in [6, 6.07) is 21.8. The second kappa shape index (κ2) is 12.0. The first kappa shape index (κ1) is 25.6. The summed E-state index contributed by atoms with van der Waals surface area (Å²) < 4.78 is 6.91. The predicted octanol–water partition coefficient (Wildman–Crippen LogP) is 6.79. The number of ether oxygens (including phenoxy) is 1. The Kier molecular flexibility index (Phi) is 8.52. The molecule has 0 aliphatic carbocycles. The highest BCUT2D eigenvalue weighted by Gasteiger charge is 2.27. The number of anilines is 1. The topological polar surface area (TPSA) is 74.2 Å². The standard InChI is InChI=1S/C29H26BrN3O2S/c1-3-7-21-14-20(15-25(30)27(21)35-18-23-9-6-5-8-22(23)17-31)16-26-28(34)33-29(36-26)32-24-12-10-19(4-2)11-13-24/h3,5-6,8-16,29,32H,1,4,7,18H2,2H3,(H,33,34)/b26-16-/t29-/m1/s1. The zero-order chi connectivity index (χ0) is 25.5. The van der Waals surface area contributed by atoms with Gasteiger partial charge in [-0.25, -0.2) is 0 Å². The molecule has 0 bridgehead atoms. The summed E-state index contributed by atoms with van der Waals surface area (Å²) in [6.45, 7) is 6.27. The number of rotatable bonds is 9. The van der Waals surface area contributed by atoms with Crippen LogP contribution in [-0.4, -0.2) is 11.4 Å². The van der Waals surface area contributed by atoms with E-state index in [2.05, 4.69) is 58.3 Å². The van der Waals surface area contributed by atoms with E-state index in [4.69, 9.17) is 4.74 Å². The van der Waals surface area contributed by atoms with Crippen LogP contribution in [0.2, 0.25) is 0 Å². The maximum Gasteiger partial charge on any atom is 0.260 e. The maximum absolute atomic E-state index is 12.6. The fraction of sp³-hybridized carbons (Fsp3) is 0.172. The van der Waals surface area contributed by atoms with Crippen molar-refractivity contribution in [1.82, 2.24) is 5.32 Å². The van der Waals surface area contributed by atoms with Crippen LogP contribution in [0.25, 0.3) is 6.08 Å². The SMILES string of the molecule is C=CCc1cc(/C=C2\S[C@H](Nc3ccc(CC)cc3)NC2=O)cc(Br)c1OCc1ccccc1C#N. The molecule has 1 fully saturated rings. The molecule has 0 spiro atoms. The molecule has 1 amide bonds. The third-order valence-corrected chi connectivity index (χ3v) is 7.32. The van der Waals surface area contributed by atoms with Crippen molar-refractivity contribution in [1.29, 1.82) is 5.26 Å². The Bertz CT molecular complexity index is 1350. The van der Waals surface area contributed by atoms with Crippen LogP contribution in [0.4, 0.5) is 5.69 Å². The number of hydrogen-bond donors (Lipinski definition) is 2. The number of hydrogen-bond acceptors (Lipinski definition) is 5. The van der Waals surface area contributed by atoms with E-state index < -0.39 is 0 Å². The molecule has 3 aromatic rings. The minimum absolute atomic E-state index is 0.113. The van der Waals surface area contributed by atoms with Gasteiger partial charge in [-0.15, -0.1) is 6.58 Å². The van der Waals surface area contributed by atoms with Crippen LogP contribution in [0, 0.1) is 11.3 Å². The van der Waals surface area contributed by atoms with E-state index in [0.717, 1.165) is 33.3 Å². The summed E-state index contributed by atoms with van der Waals surface area (Å²) in [5.74, 6) is 0.584. The van der Waals surface area contributed by atoms with Gasteiger partial charge in [0.1, 0.15) is 12.4 Å². The van der Waals surface area contributed by atoms with Crippen LogP contribution in [-0.2, 0) is 24.2 Å². The number of allylic oxidation sites excluding steroid dienone is 1. The fourth-order valence-corrected chi connectivity index (χ4v) is 5.45. The van der Waals surface area contributed by atoms with Crippen molar-refractivity contribution in [3.63, 3.8) is 0 Å². The van der Waals surface area contributed by atoms with Gasteiger partial charge in [0.25, 0.3) is 5.91 Å². The Morgan fingerprint density at radius 1 is 1.19 bits per heavy atom. The van der Waals surface area contributed by atoms with Gasteiger partial charge in [0.2, 0.25) is 0 Å². The molecular weight excluding hydrogens is 534 g/mol. The molecule has 1 aliphatic heterocycles. The number of nitriles is 1. The summed E-state index contributed by atoms with van der Waals surface area (Å²) in [5, 5.41) is 15.7. The van der Waals surface area contributed by atoms with Crippen molar-refractivity contribution >= 4 is 45.4 Å². The molecule has 3 aromatic carbocycles. The molecule has 36 heavy (non-hydrogen) atoms. The highest BCUT2D eigenvalue weighted by atomic mass is 79.9. The number of aryl methyl sites for hydroxylation is 1. The van der Waals surface area contributed by atoms with E-state index in [1.54, 1.807) is 6.07 Å². The van der Waals surface area contributed by atoms with Gasteiger partial charge in [0, 0.05) is 11.3 Å². The Morgan fingerprint density at radius 2 is 1.97 bits per heavy atom. The number of nitrogens with zero attached hydrogens (tertiary/aromatic N) is 1. The number of carbonyl (C=O) groups is 1. The molecule has 2 N–H and O–H groups in total. The molecule has 182 valence electrons. The van der Waals surface area contributed by atoms with E-state index in [9.17, 15) is 10.1 Å². The normalized spacial score (nSPS) is 15.9. The minimum atomic E-state index is -0.241. The zero-order valence-corrected chi connectivity index (χ0v) is 22.3. The highest BCUT2D eigenvalue weighted by Crippen LogP contribution is 2.35. The summed E-state index contributed by atoms with van der Waals surface area (Å²) in [7, 11) is 0. The van der Waals surface area contributed by atoms with Gasteiger partial charge in [-0.3, -0.25) is 4.79 Å². The maximum atomic E-state index is 12.6. The van der Waals surface area contributed by atoms with E-state index in [1.807, 2.05) is 54.6 Å². The summed E-state index contributed by atoms with van der Waals surface area (Å²) >= 11 is 5.09. The van der Waals surface area contributed by atoms with Crippen LogP contribution in [0.1, 0.15) is 34.7 Å². The lowest BCUT2D eigenvalue weighted by Crippen LogP contribution is -2.30. The molecule has 0 unspecified atom stereocenters. The third-order valence-electron chi connectivity index (χ3n) is 5.71. The molecule has 0 saturated carbocycles. The van der Waals surface area contributed by atoms with Gasteiger partial charge < -0.3 is 15.4 Å². The largest absolute Gasteiger partial charge is 0.487 e. The molecule has 1 aliphatic rings. The Labute approximate surface area is 224 Å². The van der Waals surface area contributed by atoms with Crippen LogP contribution in [0.15, 0.2) is 82.7 Å². The lowest BCUT2D eigenvalue weighted by atomic mass is 10.1. The number of benzene rings is 3. The fourth-order valence-electron chi connectivity index (χ4n) is 3.84. The van der Waals surface area contributed by atoms with Gasteiger partial charge in [0.15, 0.2) is 5.50 Å². The van der Waals surface area contributed by atoms with Crippen molar-refractivity contribution in [2.75, 3.05) is 5.32 Å². The lowest BCUT2D eigenvalue weighted by molar-refractivity contribution is -0.116. The lowest BCUT2D eigenvalue weighted by Gasteiger charge is -2.15. The van der Waals surface area contributed by atoms with Crippen LogP contribution in [0.5, 0.6) is 5.75 Å². The van der Waals surface area contributed by atoms with Crippen molar-refractivity contribution < 1.29 is 9.53 Å². The zero-order valence-electron chi connectivity index (χ0n) is 19.9. The second-order valence-electron chi connectivity index (χ2n) is 8.22. The van der Waals surface area contributed by atoms with Crippen LogP contribution >= 0.6 is 27.7 Å². The van der Waals surface area contributed by atoms with Gasteiger partial charge in [-0.05, 0) is 81.9 Å². The van der Waals surface area contributed by atoms with E-state index in [0.29, 0.717) is 22.6 Å². The molecular formula is C29H26BrN3O2S. The average molecular weight is 561 g/mol. The first-order chi connectivity index (χ1) is 17.5. The highest BCUT2D eigenvalue weighted by molar-refractivity contribution is 9.10. The van der Waals surface area contributed by atoms with Crippen molar-refractivity contribution in [2.24, 2.45) is 0 Å². The van der Waals surface area contributed by atoms with Gasteiger partial charge in [0.05, 0.1) is 21.0 Å². The Hall–Kier alpha value is -3.47. The van der Waals surface area contributed by atoms with Crippen molar-refractivity contribution in [3.05, 3.63) is 111 Å².